The van der Waals surface area contributed by atoms with Gasteiger partial charge in [-0.05, 0) is 206 Å². The van der Waals surface area contributed by atoms with Crippen molar-refractivity contribution in [1.82, 2.24) is 0 Å². The highest BCUT2D eigenvalue weighted by Crippen LogP contribution is 2.50. The molecular weight excluding hydrogens is 1360 g/mol. The van der Waals surface area contributed by atoms with Gasteiger partial charge in [0.1, 0.15) is 23.0 Å². The lowest BCUT2D eigenvalue weighted by atomic mass is 10.1. The molecule has 0 N–H and O–H groups in total. The zero-order chi connectivity index (χ0) is 74.3. The van der Waals surface area contributed by atoms with Crippen LogP contribution in [0.25, 0.3) is 0 Å². The number of rotatable bonds is 25. The summed E-state index contributed by atoms with van der Waals surface area (Å²) in [6.07, 6.45) is 0. The van der Waals surface area contributed by atoms with Gasteiger partial charge in [-0.1, -0.05) is 231 Å². The van der Waals surface area contributed by atoms with E-state index in [0.29, 0.717) is 23.0 Å². The molecule has 9 heteroatoms. The monoisotopic (exact) mass is 1430 g/mol. The Hall–Kier alpha value is -15.1. The average Bonchev–Trinajstić information content (AvgIpc) is 0.772. The van der Waals surface area contributed by atoms with Gasteiger partial charge in [-0.3, -0.25) is 0 Å². The second-order valence-electron chi connectivity index (χ2n) is 26.7. The molecule has 0 fully saturated rings. The van der Waals surface area contributed by atoms with E-state index in [9.17, 15) is 0 Å². The van der Waals surface area contributed by atoms with Crippen LogP contribution in [0.1, 0.15) is 0 Å². The minimum Gasteiger partial charge on any atom is -0.457 e. The maximum Gasteiger partial charge on any atom is 0.133 e. The number of anilines is 21. The zero-order valence-corrected chi connectivity index (χ0v) is 60.9. The summed E-state index contributed by atoms with van der Waals surface area (Å²) in [6.45, 7) is 0. The fraction of sp³-hybridized carbons (Fsp3) is 0. The molecule has 111 heavy (non-hydrogen) atoms. The molecule has 17 rings (SSSR count). The van der Waals surface area contributed by atoms with Crippen LogP contribution in [0.4, 0.5) is 119 Å². The Morgan fingerprint density at radius 2 is 0.234 bits per heavy atom. The molecule has 0 saturated carbocycles. The third kappa shape index (κ3) is 15.6. The van der Waals surface area contributed by atoms with Gasteiger partial charge in [0.05, 0.1) is 39.8 Å². The van der Waals surface area contributed by atoms with E-state index in [2.05, 4.69) is 471 Å². The van der Waals surface area contributed by atoms with Crippen LogP contribution in [0.15, 0.2) is 467 Å². The molecule has 532 valence electrons. The van der Waals surface area contributed by atoms with E-state index in [0.717, 1.165) is 119 Å². The number of hydrogen-bond donors (Lipinski definition) is 0. The molecule has 0 spiro atoms. The number of para-hydroxylation sites is 12. The first kappa shape index (κ1) is 69.0. The van der Waals surface area contributed by atoms with E-state index in [4.69, 9.17) is 9.47 Å². The summed E-state index contributed by atoms with van der Waals surface area (Å²) in [5.74, 6) is 2.35. The lowest BCUT2D eigenvalue weighted by Gasteiger charge is -2.33. The molecule has 17 aromatic carbocycles. The van der Waals surface area contributed by atoms with Crippen molar-refractivity contribution in [3.8, 4) is 23.0 Å². The van der Waals surface area contributed by atoms with E-state index in [1.54, 1.807) is 0 Å². The topological polar surface area (TPSA) is 41.1 Å². The molecule has 0 aliphatic carbocycles. The van der Waals surface area contributed by atoms with Crippen molar-refractivity contribution in [3.05, 3.63) is 467 Å². The first-order valence-corrected chi connectivity index (χ1v) is 37.3. The van der Waals surface area contributed by atoms with Crippen LogP contribution in [-0.4, -0.2) is 0 Å². The van der Waals surface area contributed by atoms with Crippen molar-refractivity contribution in [2.75, 3.05) is 34.3 Å². The third-order valence-electron chi connectivity index (χ3n) is 19.2. The largest absolute Gasteiger partial charge is 0.457 e. The van der Waals surface area contributed by atoms with Crippen molar-refractivity contribution in [1.29, 1.82) is 0 Å². The maximum atomic E-state index is 7.34. The molecule has 0 amide bonds. The summed E-state index contributed by atoms with van der Waals surface area (Å²) >= 11 is 0. The van der Waals surface area contributed by atoms with Gasteiger partial charge in [0.15, 0.2) is 0 Å². The van der Waals surface area contributed by atoms with Crippen LogP contribution in [0.3, 0.4) is 0 Å². The van der Waals surface area contributed by atoms with Crippen LogP contribution in [0, 0.1) is 0 Å². The van der Waals surface area contributed by atoms with Crippen LogP contribution < -0.4 is 43.8 Å². The molecular formula is C102H77N7O2. The predicted molar refractivity (Wildman–Crippen MR) is 462 cm³/mol. The highest BCUT2D eigenvalue weighted by Gasteiger charge is 2.26. The van der Waals surface area contributed by atoms with Crippen LogP contribution in [0.5, 0.6) is 23.0 Å². The Bertz CT molecular complexity index is 5130. The van der Waals surface area contributed by atoms with Crippen molar-refractivity contribution in [2.24, 2.45) is 0 Å². The van der Waals surface area contributed by atoms with Gasteiger partial charge in [0.2, 0.25) is 0 Å². The van der Waals surface area contributed by atoms with E-state index >= 15 is 0 Å². The SMILES string of the molecule is c1ccc(N(c2ccccc2)c2cc(Oc3cccc(N(c4ccccc4)c4cc(N(c5ccccc5)c5ccccc5)cc(N(c5ccccc5)c5ccccc5)c4)c3)cc(Oc3cccc(N(c4ccccc4)c4cc(N(c5ccccc5)c5ccccc5)cc(N(c5ccccc5)c5ccccc5)c4)c3)c2)cc1. The number of nitrogens with zero attached hydrogens (tertiary/aromatic N) is 7. The molecule has 0 radical (unpaired) electrons. The van der Waals surface area contributed by atoms with Gasteiger partial charge in [0, 0.05) is 110 Å². The summed E-state index contributed by atoms with van der Waals surface area (Å²) in [6, 6.07) is 163. The molecule has 17 aromatic rings. The highest BCUT2D eigenvalue weighted by atomic mass is 16.5. The quantitative estimate of drug-likeness (QED) is 0.0557. The Labute approximate surface area is 649 Å². The lowest BCUT2D eigenvalue weighted by molar-refractivity contribution is 0.461. The fourth-order valence-electron chi connectivity index (χ4n) is 14.4. The third-order valence-corrected chi connectivity index (χ3v) is 19.2. The number of hydrogen-bond acceptors (Lipinski definition) is 9. The van der Waals surface area contributed by atoms with Gasteiger partial charge in [-0.25, -0.2) is 0 Å². The van der Waals surface area contributed by atoms with Crippen molar-refractivity contribution >= 4 is 119 Å². The molecule has 9 nitrogen and oxygen atoms in total. The zero-order valence-electron chi connectivity index (χ0n) is 60.9. The summed E-state index contributed by atoms with van der Waals surface area (Å²) in [5, 5.41) is 0. The smallest absolute Gasteiger partial charge is 0.133 e. The molecule has 0 atom stereocenters. The maximum absolute atomic E-state index is 7.34. The predicted octanol–water partition coefficient (Wildman–Crippen LogP) is 29.6. The highest BCUT2D eigenvalue weighted by molar-refractivity contribution is 5.92. The standard InChI is InChI=1S/C102H77N7O2/c1-13-39-78(40-14-1)103(79-41-15-2-16-42-79)92-67-93(104(80-43-17-3-18-44-80)81-45-19-4-20-46-81)70-96(69-92)108(88-59-33-11-34-60-88)90-63-37-65-99(73-90)110-101-75-98(107(86-55-29-9-30-56-86)87-57-31-10-32-58-87)76-102(77-101)111-100-66-38-64-91(74-100)109(89-61-35-12-36-62-89)97-71-94(105(82-47-21-5-22-48-82)83-49-23-6-24-50-83)68-95(72-97)106(84-51-25-7-26-52-84)85-53-27-8-28-54-85/h1-77H. The summed E-state index contributed by atoms with van der Waals surface area (Å²) in [5.41, 5.74) is 20.2. The van der Waals surface area contributed by atoms with Crippen molar-refractivity contribution in [2.45, 2.75) is 0 Å². The van der Waals surface area contributed by atoms with Gasteiger partial charge < -0.3 is 43.8 Å². The molecule has 0 bridgehead atoms. The molecule has 0 heterocycles. The normalized spacial score (nSPS) is 10.9. The van der Waals surface area contributed by atoms with E-state index in [1.165, 1.54) is 0 Å². The summed E-state index contributed by atoms with van der Waals surface area (Å²) in [4.78, 5) is 16.2. The average molecular weight is 1430 g/mol. The van der Waals surface area contributed by atoms with Crippen LogP contribution >= 0.6 is 0 Å². The molecule has 0 unspecified atom stereocenters. The Morgan fingerprint density at radius 3 is 0.405 bits per heavy atom. The molecule has 0 aromatic heterocycles. The fourth-order valence-corrected chi connectivity index (χ4v) is 14.4. The summed E-state index contributed by atoms with van der Waals surface area (Å²) < 4.78 is 14.7. The Morgan fingerprint density at radius 1 is 0.0991 bits per heavy atom. The van der Waals surface area contributed by atoms with E-state index in [1.807, 2.05) is 30.3 Å². The van der Waals surface area contributed by atoms with E-state index < -0.39 is 0 Å². The molecule has 0 aliphatic heterocycles. The summed E-state index contributed by atoms with van der Waals surface area (Å²) in [7, 11) is 0. The lowest BCUT2D eigenvalue weighted by Crippen LogP contribution is -2.16. The Balaban J connectivity index is 0.800. The van der Waals surface area contributed by atoms with Crippen LogP contribution in [-0.2, 0) is 0 Å². The first-order chi connectivity index (χ1) is 55.0. The molecule has 0 aliphatic rings. The van der Waals surface area contributed by atoms with Gasteiger partial charge in [-0.2, -0.15) is 0 Å². The first-order valence-electron chi connectivity index (χ1n) is 37.3. The van der Waals surface area contributed by atoms with Crippen LogP contribution in [0.2, 0.25) is 0 Å². The van der Waals surface area contributed by atoms with E-state index in [-0.39, 0.29) is 0 Å². The Kier molecular flexibility index (Phi) is 20.4. The van der Waals surface area contributed by atoms with Gasteiger partial charge >= 0.3 is 0 Å². The molecule has 0 saturated heterocycles. The number of ether oxygens (including phenoxy) is 2. The van der Waals surface area contributed by atoms with Gasteiger partial charge in [-0.15, -0.1) is 0 Å². The second-order valence-corrected chi connectivity index (χ2v) is 26.7. The van der Waals surface area contributed by atoms with Crippen molar-refractivity contribution in [3.63, 3.8) is 0 Å². The minimum absolute atomic E-state index is 0.559. The number of benzene rings is 17. The van der Waals surface area contributed by atoms with Crippen molar-refractivity contribution < 1.29 is 9.47 Å². The van der Waals surface area contributed by atoms with Gasteiger partial charge in [0.25, 0.3) is 0 Å². The second kappa shape index (κ2) is 32.8. The minimum atomic E-state index is 0.559.